The van der Waals surface area contributed by atoms with Crippen molar-refractivity contribution in [3.05, 3.63) is 53.0 Å². The zero-order valence-corrected chi connectivity index (χ0v) is 18.3. The third-order valence-corrected chi connectivity index (χ3v) is 6.53. The van der Waals surface area contributed by atoms with Crippen molar-refractivity contribution < 1.29 is 9.59 Å². The maximum absolute atomic E-state index is 12.4. The summed E-state index contributed by atoms with van der Waals surface area (Å²) in [5.74, 6) is 0.231. The summed E-state index contributed by atoms with van der Waals surface area (Å²) in [5, 5.41) is 5.72. The Morgan fingerprint density at radius 1 is 0.929 bits per heavy atom. The monoisotopic (exact) mass is 460 g/mol. The van der Waals surface area contributed by atoms with Crippen molar-refractivity contribution in [2.75, 3.05) is 10.6 Å². The molecule has 1 saturated carbocycles. The standard InChI is InChI=1S/C22H25BrN2O2S/c1-15(21(26)24-18-9-7-17(23)8-10-18)28-20-13-11-19(12-14-20)25-22(27)16-5-3-2-4-6-16/h7-16H,2-6H2,1H3,(H,24,26)(H,25,27). The van der Waals surface area contributed by atoms with Gasteiger partial charge in [0, 0.05) is 26.7 Å². The fourth-order valence-electron chi connectivity index (χ4n) is 3.26. The van der Waals surface area contributed by atoms with Gasteiger partial charge in [-0.05, 0) is 68.3 Å². The SMILES string of the molecule is CC(Sc1ccc(NC(=O)C2CCCCC2)cc1)C(=O)Nc1ccc(Br)cc1. The molecule has 2 N–H and O–H groups in total. The highest BCUT2D eigenvalue weighted by Gasteiger charge is 2.21. The van der Waals surface area contributed by atoms with E-state index < -0.39 is 0 Å². The van der Waals surface area contributed by atoms with Gasteiger partial charge in [-0.15, -0.1) is 11.8 Å². The lowest BCUT2D eigenvalue weighted by Gasteiger charge is -2.20. The summed E-state index contributed by atoms with van der Waals surface area (Å²) in [7, 11) is 0. The van der Waals surface area contributed by atoms with Crippen molar-refractivity contribution in [2.45, 2.75) is 49.2 Å². The van der Waals surface area contributed by atoms with Crippen LogP contribution >= 0.6 is 27.7 Å². The molecule has 0 saturated heterocycles. The molecule has 28 heavy (non-hydrogen) atoms. The Hall–Kier alpha value is -1.79. The molecule has 1 atom stereocenters. The van der Waals surface area contributed by atoms with Gasteiger partial charge in [-0.25, -0.2) is 0 Å². The molecule has 6 heteroatoms. The molecule has 2 aromatic rings. The van der Waals surface area contributed by atoms with Gasteiger partial charge in [0.15, 0.2) is 0 Å². The quantitative estimate of drug-likeness (QED) is 0.512. The van der Waals surface area contributed by atoms with Gasteiger partial charge in [-0.1, -0.05) is 35.2 Å². The molecule has 2 aromatic carbocycles. The summed E-state index contributed by atoms with van der Waals surface area (Å²) < 4.78 is 0.976. The Morgan fingerprint density at radius 3 is 2.14 bits per heavy atom. The number of benzene rings is 2. The van der Waals surface area contributed by atoms with Crippen molar-refractivity contribution in [1.82, 2.24) is 0 Å². The Labute approximate surface area is 179 Å². The third-order valence-electron chi connectivity index (χ3n) is 4.89. The molecule has 3 rings (SSSR count). The van der Waals surface area contributed by atoms with Gasteiger partial charge < -0.3 is 10.6 Å². The molecule has 0 bridgehead atoms. The maximum atomic E-state index is 12.4. The van der Waals surface area contributed by atoms with Crippen molar-refractivity contribution in [2.24, 2.45) is 5.92 Å². The number of hydrogen-bond acceptors (Lipinski definition) is 3. The second kappa shape index (κ2) is 10.1. The average molecular weight is 461 g/mol. The first-order valence-electron chi connectivity index (χ1n) is 9.65. The predicted octanol–water partition coefficient (Wildman–Crippen LogP) is 6.09. The zero-order chi connectivity index (χ0) is 19.9. The van der Waals surface area contributed by atoms with Crippen LogP contribution in [-0.2, 0) is 9.59 Å². The number of hydrogen-bond donors (Lipinski definition) is 2. The first-order chi connectivity index (χ1) is 13.5. The summed E-state index contributed by atoms with van der Waals surface area (Å²) in [5.41, 5.74) is 1.59. The number of halogens is 1. The summed E-state index contributed by atoms with van der Waals surface area (Å²) >= 11 is 4.88. The molecule has 1 unspecified atom stereocenters. The summed E-state index contributed by atoms with van der Waals surface area (Å²) in [6.07, 6.45) is 5.51. The molecule has 2 amide bonds. The molecule has 0 aromatic heterocycles. The van der Waals surface area contributed by atoms with Gasteiger partial charge in [-0.2, -0.15) is 0 Å². The Balaban J connectivity index is 1.50. The van der Waals surface area contributed by atoms with E-state index in [2.05, 4.69) is 26.6 Å². The van der Waals surface area contributed by atoms with Crippen LogP contribution in [0.3, 0.4) is 0 Å². The first-order valence-corrected chi connectivity index (χ1v) is 11.3. The van der Waals surface area contributed by atoms with E-state index in [4.69, 9.17) is 0 Å². The summed E-state index contributed by atoms with van der Waals surface area (Å²) in [6.45, 7) is 1.89. The topological polar surface area (TPSA) is 58.2 Å². The van der Waals surface area contributed by atoms with Crippen LogP contribution in [-0.4, -0.2) is 17.1 Å². The highest BCUT2D eigenvalue weighted by atomic mass is 79.9. The van der Waals surface area contributed by atoms with Crippen LogP contribution < -0.4 is 10.6 Å². The van der Waals surface area contributed by atoms with E-state index in [1.807, 2.05) is 55.5 Å². The number of thioether (sulfide) groups is 1. The number of amides is 2. The number of carbonyl (C=O) groups excluding carboxylic acids is 2. The number of carbonyl (C=O) groups is 2. The number of nitrogens with one attached hydrogen (secondary N) is 2. The summed E-state index contributed by atoms with van der Waals surface area (Å²) in [6, 6.07) is 15.2. The van der Waals surface area contributed by atoms with Crippen molar-refractivity contribution in [3.63, 3.8) is 0 Å². The predicted molar refractivity (Wildman–Crippen MR) is 120 cm³/mol. The van der Waals surface area contributed by atoms with Crippen molar-refractivity contribution in [1.29, 1.82) is 0 Å². The van der Waals surface area contributed by atoms with Crippen LogP contribution in [0.1, 0.15) is 39.0 Å². The molecular weight excluding hydrogens is 436 g/mol. The van der Waals surface area contributed by atoms with Crippen LogP contribution in [0.4, 0.5) is 11.4 Å². The number of rotatable bonds is 6. The van der Waals surface area contributed by atoms with E-state index in [0.29, 0.717) is 0 Å². The highest BCUT2D eigenvalue weighted by Crippen LogP contribution is 2.28. The molecule has 4 nitrogen and oxygen atoms in total. The smallest absolute Gasteiger partial charge is 0.237 e. The normalized spacial score (nSPS) is 15.6. The Morgan fingerprint density at radius 2 is 1.50 bits per heavy atom. The average Bonchev–Trinajstić information content (AvgIpc) is 2.71. The molecule has 1 aliphatic rings. The molecule has 0 spiro atoms. The Kier molecular flexibility index (Phi) is 7.57. The minimum absolute atomic E-state index is 0.0398. The van der Waals surface area contributed by atoms with Crippen molar-refractivity contribution in [3.8, 4) is 0 Å². The second-order valence-electron chi connectivity index (χ2n) is 7.10. The van der Waals surface area contributed by atoms with E-state index >= 15 is 0 Å². The van der Waals surface area contributed by atoms with E-state index in [0.717, 1.165) is 46.4 Å². The molecule has 0 aliphatic heterocycles. The molecule has 1 aliphatic carbocycles. The molecular formula is C22H25BrN2O2S. The maximum Gasteiger partial charge on any atom is 0.237 e. The molecule has 1 fully saturated rings. The van der Waals surface area contributed by atoms with E-state index in [9.17, 15) is 9.59 Å². The van der Waals surface area contributed by atoms with Gasteiger partial charge in [0.05, 0.1) is 5.25 Å². The Bertz CT molecular complexity index is 802. The highest BCUT2D eigenvalue weighted by molar-refractivity contribution is 9.10. The van der Waals surface area contributed by atoms with Gasteiger partial charge >= 0.3 is 0 Å². The minimum atomic E-state index is -0.230. The van der Waals surface area contributed by atoms with E-state index in [-0.39, 0.29) is 23.0 Å². The van der Waals surface area contributed by atoms with Crippen molar-refractivity contribution >= 4 is 50.9 Å². The first kappa shape index (κ1) is 20.9. The number of anilines is 2. The van der Waals surface area contributed by atoms with E-state index in [1.54, 1.807) is 0 Å². The summed E-state index contributed by atoms with van der Waals surface area (Å²) in [4.78, 5) is 25.7. The van der Waals surface area contributed by atoms with Gasteiger partial charge in [0.25, 0.3) is 0 Å². The lowest BCUT2D eigenvalue weighted by Crippen LogP contribution is -2.24. The largest absolute Gasteiger partial charge is 0.326 e. The molecule has 0 radical (unpaired) electrons. The molecule has 148 valence electrons. The van der Waals surface area contributed by atoms with Crippen LogP contribution in [0.5, 0.6) is 0 Å². The second-order valence-corrected chi connectivity index (χ2v) is 9.43. The van der Waals surface area contributed by atoms with Crippen LogP contribution in [0.15, 0.2) is 57.9 Å². The van der Waals surface area contributed by atoms with Crippen LogP contribution in [0.2, 0.25) is 0 Å². The fraction of sp³-hybridized carbons (Fsp3) is 0.364. The fourth-order valence-corrected chi connectivity index (χ4v) is 4.39. The molecule has 0 heterocycles. The van der Waals surface area contributed by atoms with Gasteiger partial charge in [0.2, 0.25) is 11.8 Å². The van der Waals surface area contributed by atoms with Gasteiger partial charge in [0.1, 0.15) is 0 Å². The van der Waals surface area contributed by atoms with E-state index in [1.165, 1.54) is 18.2 Å². The lowest BCUT2D eigenvalue weighted by atomic mass is 9.88. The van der Waals surface area contributed by atoms with Crippen LogP contribution in [0, 0.1) is 5.92 Å². The minimum Gasteiger partial charge on any atom is -0.326 e. The lowest BCUT2D eigenvalue weighted by molar-refractivity contribution is -0.120. The van der Waals surface area contributed by atoms with Crippen LogP contribution in [0.25, 0.3) is 0 Å². The third kappa shape index (κ3) is 6.11. The van der Waals surface area contributed by atoms with Gasteiger partial charge in [-0.3, -0.25) is 9.59 Å². The zero-order valence-electron chi connectivity index (χ0n) is 15.9.